The van der Waals surface area contributed by atoms with Gasteiger partial charge in [0.15, 0.2) is 0 Å². The molecule has 4 heteroatoms. The predicted octanol–water partition coefficient (Wildman–Crippen LogP) is 2.44. The Kier molecular flexibility index (Phi) is 2.44. The molecule has 2 aliphatic rings. The maximum Gasteiger partial charge on any atom is 0.129 e. The fourth-order valence-corrected chi connectivity index (χ4v) is 3.27. The van der Waals surface area contributed by atoms with Crippen molar-refractivity contribution in [2.75, 3.05) is 11.9 Å². The Morgan fingerprint density at radius 1 is 1.44 bits per heavy atom. The number of hydrogen-bond acceptors (Lipinski definition) is 3. The molecule has 0 radical (unpaired) electrons. The van der Waals surface area contributed by atoms with Crippen LogP contribution in [0.4, 0.5) is 5.82 Å². The molecule has 1 fully saturated rings. The number of fused-ring (bicyclic) bond motifs is 2. The molecule has 0 atom stereocenters. The summed E-state index contributed by atoms with van der Waals surface area (Å²) in [4.78, 5) is 4.41. The summed E-state index contributed by atoms with van der Waals surface area (Å²) in [6.07, 6.45) is 5.68. The molecular formula is C12H15BrN2O. The zero-order valence-corrected chi connectivity index (χ0v) is 10.6. The minimum Gasteiger partial charge on any atom is -0.393 e. The molecule has 0 aromatic carbocycles. The Labute approximate surface area is 103 Å². The average Bonchev–Trinajstić information content (AvgIpc) is 2.62. The lowest BCUT2D eigenvalue weighted by molar-refractivity contribution is 0.101. The van der Waals surface area contributed by atoms with Crippen molar-refractivity contribution >= 4 is 21.7 Å². The third-order valence-corrected chi connectivity index (χ3v) is 4.37. The monoisotopic (exact) mass is 282 g/mol. The molecule has 0 saturated heterocycles. The maximum atomic E-state index is 9.61. The molecule has 1 aliphatic carbocycles. The minimum atomic E-state index is -0.102. The van der Waals surface area contributed by atoms with Crippen molar-refractivity contribution in [1.29, 1.82) is 0 Å². The summed E-state index contributed by atoms with van der Waals surface area (Å²) in [5.41, 5.74) is 1.54. The lowest BCUT2D eigenvalue weighted by Gasteiger charge is -2.35. The van der Waals surface area contributed by atoms with E-state index in [0.29, 0.717) is 0 Å². The number of aromatic nitrogens is 1. The van der Waals surface area contributed by atoms with E-state index in [1.54, 1.807) is 0 Å². The summed E-state index contributed by atoms with van der Waals surface area (Å²) in [5.74, 6) is 1.03. The third-order valence-electron chi connectivity index (χ3n) is 3.93. The molecule has 0 bridgehead atoms. The molecule has 1 aromatic rings. The van der Waals surface area contributed by atoms with Crippen molar-refractivity contribution in [3.05, 3.63) is 22.3 Å². The van der Waals surface area contributed by atoms with Gasteiger partial charge < -0.3 is 10.4 Å². The Morgan fingerprint density at radius 2 is 2.19 bits per heavy atom. The fourth-order valence-electron chi connectivity index (χ4n) is 2.93. The topological polar surface area (TPSA) is 45.1 Å². The molecule has 1 spiro atoms. The first kappa shape index (κ1) is 10.5. The summed E-state index contributed by atoms with van der Waals surface area (Å²) >= 11 is 3.49. The molecule has 1 aromatic heterocycles. The number of nitrogens with one attached hydrogen (secondary N) is 1. The van der Waals surface area contributed by atoms with Gasteiger partial charge in [0, 0.05) is 28.2 Å². The van der Waals surface area contributed by atoms with Crippen LogP contribution in [-0.4, -0.2) is 22.7 Å². The molecule has 2 N–H and O–H groups in total. The highest BCUT2D eigenvalue weighted by Crippen LogP contribution is 2.46. The minimum absolute atomic E-state index is 0.102. The number of pyridine rings is 1. The van der Waals surface area contributed by atoms with Gasteiger partial charge in [0.2, 0.25) is 0 Å². The van der Waals surface area contributed by atoms with Crippen LogP contribution < -0.4 is 5.32 Å². The van der Waals surface area contributed by atoms with Crippen molar-refractivity contribution in [2.24, 2.45) is 0 Å². The van der Waals surface area contributed by atoms with Gasteiger partial charge in [-0.25, -0.2) is 4.98 Å². The second-order valence-electron chi connectivity index (χ2n) is 4.91. The number of halogens is 1. The number of nitrogens with zero attached hydrogens (tertiary/aromatic N) is 1. The summed E-state index contributed by atoms with van der Waals surface area (Å²) in [6, 6.07) is 2.18. The molecule has 1 aliphatic heterocycles. The van der Waals surface area contributed by atoms with Crippen molar-refractivity contribution in [3.8, 4) is 0 Å². The number of anilines is 1. The fraction of sp³-hybridized carbons (Fsp3) is 0.583. The largest absolute Gasteiger partial charge is 0.393 e. The SMILES string of the molecule is O[C@H]1CC[C@]2(CC1)CNc1ncc(Br)cc12. The van der Waals surface area contributed by atoms with Gasteiger partial charge in [0.1, 0.15) is 5.82 Å². The Morgan fingerprint density at radius 3 is 2.94 bits per heavy atom. The molecule has 0 amide bonds. The predicted molar refractivity (Wildman–Crippen MR) is 66.6 cm³/mol. The van der Waals surface area contributed by atoms with E-state index in [1.165, 1.54) is 5.56 Å². The lowest BCUT2D eigenvalue weighted by atomic mass is 9.70. The van der Waals surface area contributed by atoms with Crippen LogP contribution in [0.2, 0.25) is 0 Å². The van der Waals surface area contributed by atoms with Gasteiger partial charge >= 0.3 is 0 Å². The highest BCUT2D eigenvalue weighted by atomic mass is 79.9. The second kappa shape index (κ2) is 3.70. The molecular weight excluding hydrogens is 268 g/mol. The zero-order chi connectivity index (χ0) is 11.2. The normalized spacial score (nSPS) is 32.5. The van der Waals surface area contributed by atoms with Crippen molar-refractivity contribution in [1.82, 2.24) is 4.98 Å². The summed E-state index contributed by atoms with van der Waals surface area (Å²) in [5, 5.41) is 13.0. The van der Waals surface area contributed by atoms with Gasteiger partial charge in [0.25, 0.3) is 0 Å². The van der Waals surface area contributed by atoms with Gasteiger partial charge in [-0.1, -0.05) is 0 Å². The molecule has 2 heterocycles. The van der Waals surface area contributed by atoms with E-state index in [0.717, 1.165) is 42.5 Å². The van der Waals surface area contributed by atoms with Crippen LogP contribution in [0.3, 0.4) is 0 Å². The quantitative estimate of drug-likeness (QED) is 0.768. The van der Waals surface area contributed by atoms with Crippen LogP contribution in [0.1, 0.15) is 31.2 Å². The van der Waals surface area contributed by atoms with Crippen molar-refractivity contribution < 1.29 is 5.11 Å². The van der Waals surface area contributed by atoms with Crippen molar-refractivity contribution in [3.63, 3.8) is 0 Å². The summed E-state index contributed by atoms with van der Waals surface area (Å²) in [6.45, 7) is 0.971. The highest BCUT2D eigenvalue weighted by molar-refractivity contribution is 9.10. The standard InChI is InChI=1S/C12H15BrN2O/c13-8-5-10-11(14-6-8)15-7-12(10)3-1-9(16)2-4-12/h5-6,9,16H,1-4,7H2,(H,14,15)/t9-,12-. The average molecular weight is 283 g/mol. The zero-order valence-electron chi connectivity index (χ0n) is 9.04. The van der Waals surface area contributed by atoms with Crippen LogP contribution in [0, 0.1) is 0 Å². The van der Waals surface area contributed by atoms with Gasteiger partial charge in [-0.3, -0.25) is 0 Å². The van der Waals surface area contributed by atoms with Gasteiger partial charge in [-0.05, 0) is 47.7 Å². The van der Waals surface area contributed by atoms with E-state index in [-0.39, 0.29) is 11.5 Å². The van der Waals surface area contributed by atoms with E-state index in [9.17, 15) is 5.11 Å². The van der Waals surface area contributed by atoms with Crippen LogP contribution in [0.15, 0.2) is 16.7 Å². The Hall–Kier alpha value is -0.610. The first-order valence-corrected chi connectivity index (χ1v) is 6.57. The van der Waals surface area contributed by atoms with Crippen molar-refractivity contribution in [2.45, 2.75) is 37.2 Å². The van der Waals surface area contributed by atoms with E-state index >= 15 is 0 Å². The van der Waals surface area contributed by atoms with Crippen LogP contribution in [-0.2, 0) is 5.41 Å². The number of aliphatic hydroxyl groups is 1. The third kappa shape index (κ3) is 1.55. The Balaban J connectivity index is 1.98. The van der Waals surface area contributed by atoms with Gasteiger partial charge in [0.05, 0.1) is 6.10 Å². The van der Waals surface area contributed by atoms with Crippen LogP contribution in [0.25, 0.3) is 0 Å². The number of hydrogen-bond donors (Lipinski definition) is 2. The van der Waals surface area contributed by atoms with E-state index < -0.39 is 0 Å². The first-order chi connectivity index (χ1) is 7.70. The molecule has 1 saturated carbocycles. The molecule has 0 unspecified atom stereocenters. The van der Waals surface area contributed by atoms with Gasteiger partial charge in [-0.15, -0.1) is 0 Å². The molecule has 86 valence electrons. The molecule has 3 nitrogen and oxygen atoms in total. The van der Waals surface area contributed by atoms with Crippen LogP contribution in [0.5, 0.6) is 0 Å². The summed E-state index contributed by atoms with van der Waals surface area (Å²) < 4.78 is 1.04. The lowest BCUT2D eigenvalue weighted by Crippen LogP contribution is -2.35. The maximum absolute atomic E-state index is 9.61. The highest BCUT2D eigenvalue weighted by Gasteiger charge is 2.42. The van der Waals surface area contributed by atoms with E-state index in [4.69, 9.17) is 0 Å². The van der Waals surface area contributed by atoms with Crippen LogP contribution >= 0.6 is 15.9 Å². The van der Waals surface area contributed by atoms with Gasteiger partial charge in [-0.2, -0.15) is 0 Å². The first-order valence-electron chi connectivity index (χ1n) is 5.78. The second-order valence-corrected chi connectivity index (χ2v) is 5.83. The molecule has 16 heavy (non-hydrogen) atoms. The van der Waals surface area contributed by atoms with E-state index in [2.05, 4.69) is 32.3 Å². The Bertz CT molecular complexity index is 413. The molecule has 3 rings (SSSR count). The number of rotatable bonds is 0. The van der Waals surface area contributed by atoms with E-state index in [1.807, 2.05) is 6.20 Å². The number of aliphatic hydroxyl groups excluding tert-OH is 1. The smallest absolute Gasteiger partial charge is 0.129 e. The summed E-state index contributed by atoms with van der Waals surface area (Å²) in [7, 11) is 0.